The average Bonchev–Trinajstić information content (AvgIpc) is 2.30. The van der Waals surface area contributed by atoms with Crippen LogP contribution in [0.1, 0.15) is 23.0 Å². The maximum absolute atomic E-state index is 10.4. The predicted molar refractivity (Wildman–Crippen MR) is 37.3 cm³/mol. The van der Waals surface area contributed by atoms with Crippen LogP contribution in [-0.2, 0) is 6.42 Å². The molecular formula is C6H8N2O3. The van der Waals surface area contributed by atoms with Crippen LogP contribution < -0.4 is 5.73 Å². The van der Waals surface area contributed by atoms with Gasteiger partial charge in [0.25, 0.3) is 0 Å². The third-order valence-electron chi connectivity index (χ3n) is 1.37. The smallest absolute Gasteiger partial charge is 0.358 e. The second-order valence-corrected chi connectivity index (χ2v) is 2.03. The highest BCUT2D eigenvalue weighted by atomic mass is 16.5. The summed E-state index contributed by atoms with van der Waals surface area (Å²) < 4.78 is 4.49. The Morgan fingerprint density at radius 1 is 1.82 bits per heavy atom. The molecule has 0 aliphatic heterocycles. The molecule has 1 aromatic heterocycles. The average molecular weight is 156 g/mol. The number of rotatable bonds is 2. The summed E-state index contributed by atoms with van der Waals surface area (Å²) in [5.41, 5.74) is 5.66. The van der Waals surface area contributed by atoms with Crippen LogP contribution in [0.25, 0.3) is 0 Å². The minimum Gasteiger partial charge on any atom is -0.476 e. The van der Waals surface area contributed by atoms with Crippen molar-refractivity contribution in [3.63, 3.8) is 0 Å². The first kappa shape index (κ1) is 7.59. The van der Waals surface area contributed by atoms with Crippen molar-refractivity contribution in [1.82, 2.24) is 5.16 Å². The molecule has 3 N–H and O–H groups in total. The van der Waals surface area contributed by atoms with Gasteiger partial charge in [-0.15, -0.1) is 0 Å². The summed E-state index contributed by atoms with van der Waals surface area (Å²) >= 11 is 0. The first-order valence-corrected chi connectivity index (χ1v) is 3.14. The van der Waals surface area contributed by atoms with E-state index in [0.29, 0.717) is 12.0 Å². The van der Waals surface area contributed by atoms with Crippen molar-refractivity contribution in [3.8, 4) is 0 Å². The molecule has 0 fully saturated rings. The van der Waals surface area contributed by atoms with Crippen LogP contribution in [0, 0.1) is 0 Å². The fourth-order valence-electron chi connectivity index (χ4n) is 0.832. The van der Waals surface area contributed by atoms with E-state index in [0.717, 1.165) is 0 Å². The van der Waals surface area contributed by atoms with Gasteiger partial charge in [-0.2, -0.15) is 0 Å². The molecule has 1 aromatic rings. The van der Waals surface area contributed by atoms with Crippen molar-refractivity contribution in [2.24, 2.45) is 0 Å². The number of nitrogens with two attached hydrogens (primary N) is 1. The van der Waals surface area contributed by atoms with Crippen LogP contribution in [0.5, 0.6) is 0 Å². The number of carbonyl (C=O) groups is 1. The van der Waals surface area contributed by atoms with E-state index < -0.39 is 5.97 Å². The third-order valence-corrected chi connectivity index (χ3v) is 1.37. The number of aromatic nitrogens is 1. The van der Waals surface area contributed by atoms with Crippen molar-refractivity contribution in [2.45, 2.75) is 13.3 Å². The van der Waals surface area contributed by atoms with E-state index in [1.54, 1.807) is 6.92 Å². The molecule has 0 unspecified atom stereocenters. The van der Waals surface area contributed by atoms with Gasteiger partial charge in [-0.05, 0) is 6.42 Å². The number of hydrogen-bond acceptors (Lipinski definition) is 4. The molecule has 1 rings (SSSR count). The lowest BCUT2D eigenvalue weighted by atomic mass is 10.2. The number of hydrogen-bond donors (Lipinski definition) is 2. The van der Waals surface area contributed by atoms with Crippen LogP contribution in [-0.4, -0.2) is 16.2 Å². The van der Waals surface area contributed by atoms with Gasteiger partial charge in [0.15, 0.2) is 5.69 Å². The van der Waals surface area contributed by atoms with Crippen LogP contribution in [0.2, 0.25) is 0 Å². The standard InChI is InChI=1S/C6H8N2O3/c1-2-3-4(6(9)10)8-11-5(3)7/h2,7H2,1H3,(H,9,10). The van der Waals surface area contributed by atoms with Crippen LogP contribution in [0.15, 0.2) is 4.52 Å². The summed E-state index contributed by atoms with van der Waals surface area (Å²) in [7, 11) is 0. The Kier molecular flexibility index (Phi) is 1.80. The molecule has 0 radical (unpaired) electrons. The summed E-state index contributed by atoms with van der Waals surface area (Å²) in [6.07, 6.45) is 0.511. The van der Waals surface area contributed by atoms with Gasteiger partial charge < -0.3 is 15.4 Å². The van der Waals surface area contributed by atoms with Gasteiger partial charge in [-0.25, -0.2) is 4.79 Å². The number of carboxylic acids is 1. The molecule has 0 aliphatic rings. The molecule has 11 heavy (non-hydrogen) atoms. The zero-order valence-corrected chi connectivity index (χ0v) is 6.00. The van der Waals surface area contributed by atoms with Gasteiger partial charge in [0.2, 0.25) is 5.88 Å². The van der Waals surface area contributed by atoms with Gasteiger partial charge in [0, 0.05) is 0 Å². The molecular weight excluding hydrogens is 148 g/mol. The molecule has 0 bridgehead atoms. The Morgan fingerprint density at radius 2 is 2.45 bits per heavy atom. The van der Waals surface area contributed by atoms with Crippen LogP contribution in [0.4, 0.5) is 5.88 Å². The lowest BCUT2D eigenvalue weighted by molar-refractivity contribution is 0.0685. The highest BCUT2D eigenvalue weighted by Gasteiger charge is 2.17. The summed E-state index contributed by atoms with van der Waals surface area (Å²) in [6.45, 7) is 1.79. The number of aromatic carboxylic acids is 1. The quantitative estimate of drug-likeness (QED) is 0.651. The largest absolute Gasteiger partial charge is 0.476 e. The normalized spacial score (nSPS) is 9.91. The van der Waals surface area contributed by atoms with Crippen molar-refractivity contribution < 1.29 is 14.4 Å². The molecule has 1 heterocycles. The second kappa shape index (κ2) is 2.61. The van der Waals surface area contributed by atoms with Gasteiger partial charge in [-0.1, -0.05) is 12.1 Å². The Morgan fingerprint density at radius 3 is 2.82 bits per heavy atom. The van der Waals surface area contributed by atoms with Gasteiger partial charge in [0.1, 0.15) is 0 Å². The van der Waals surface area contributed by atoms with E-state index in [-0.39, 0.29) is 11.6 Å². The van der Waals surface area contributed by atoms with E-state index in [1.807, 2.05) is 0 Å². The molecule has 0 amide bonds. The number of nitrogen functional groups attached to an aromatic ring is 1. The minimum absolute atomic E-state index is 0.0879. The molecule has 0 saturated carbocycles. The topological polar surface area (TPSA) is 89.3 Å². The Hall–Kier alpha value is -1.52. The maximum atomic E-state index is 10.4. The number of anilines is 1. The highest BCUT2D eigenvalue weighted by Crippen LogP contribution is 2.16. The lowest BCUT2D eigenvalue weighted by Crippen LogP contribution is -2.01. The fraction of sp³-hybridized carbons (Fsp3) is 0.333. The summed E-state index contributed by atoms with van der Waals surface area (Å²) in [5.74, 6) is -1.02. The molecule has 5 heteroatoms. The van der Waals surface area contributed by atoms with E-state index in [9.17, 15) is 4.79 Å². The SMILES string of the molecule is CCc1c(C(=O)O)noc1N. The molecule has 0 aliphatic carbocycles. The number of carboxylic acid groups (broad SMARTS) is 1. The van der Waals surface area contributed by atoms with Crippen molar-refractivity contribution >= 4 is 11.9 Å². The molecule has 0 aromatic carbocycles. The highest BCUT2D eigenvalue weighted by molar-refractivity contribution is 5.88. The van der Waals surface area contributed by atoms with Gasteiger partial charge >= 0.3 is 5.97 Å². The van der Waals surface area contributed by atoms with Gasteiger partial charge in [-0.3, -0.25) is 0 Å². The fourth-order valence-corrected chi connectivity index (χ4v) is 0.832. The zero-order chi connectivity index (χ0) is 8.43. The Labute approximate surface area is 62.8 Å². The van der Waals surface area contributed by atoms with E-state index in [1.165, 1.54) is 0 Å². The molecule has 5 nitrogen and oxygen atoms in total. The van der Waals surface area contributed by atoms with Crippen molar-refractivity contribution in [1.29, 1.82) is 0 Å². The first-order chi connectivity index (χ1) is 5.16. The van der Waals surface area contributed by atoms with Crippen molar-refractivity contribution in [2.75, 3.05) is 5.73 Å². The molecule has 0 atom stereocenters. The number of nitrogens with zero attached hydrogens (tertiary/aromatic N) is 1. The summed E-state index contributed by atoms with van der Waals surface area (Å²) in [5, 5.41) is 11.8. The predicted octanol–water partition coefficient (Wildman–Crippen LogP) is 0.517. The van der Waals surface area contributed by atoms with Crippen LogP contribution in [0.3, 0.4) is 0 Å². The summed E-state index contributed by atoms with van der Waals surface area (Å²) in [4.78, 5) is 10.4. The molecule has 0 spiro atoms. The Bertz CT molecular complexity index is 279. The van der Waals surface area contributed by atoms with Crippen molar-refractivity contribution in [3.05, 3.63) is 11.3 Å². The zero-order valence-electron chi connectivity index (χ0n) is 6.00. The third kappa shape index (κ3) is 1.17. The molecule has 60 valence electrons. The van der Waals surface area contributed by atoms with E-state index in [4.69, 9.17) is 10.8 Å². The maximum Gasteiger partial charge on any atom is 0.358 e. The first-order valence-electron chi connectivity index (χ1n) is 3.14. The molecule has 0 saturated heterocycles. The summed E-state index contributed by atoms with van der Waals surface area (Å²) in [6, 6.07) is 0. The van der Waals surface area contributed by atoms with E-state index in [2.05, 4.69) is 9.68 Å². The Balaban J connectivity index is 3.15. The van der Waals surface area contributed by atoms with Gasteiger partial charge in [0.05, 0.1) is 5.56 Å². The monoisotopic (exact) mass is 156 g/mol. The lowest BCUT2D eigenvalue weighted by Gasteiger charge is -1.90. The minimum atomic E-state index is -1.11. The van der Waals surface area contributed by atoms with Crippen LogP contribution >= 0.6 is 0 Å². The van der Waals surface area contributed by atoms with E-state index >= 15 is 0 Å². The second-order valence-electron chi connectivity index (χ2n) is 2.03.